The van der Waals surface area contributed by atoms with E-state index in [0.717, 1.165) is 11.5 Å². The lowest BCUT2D eigenvalue weighted by Crippen LogP contribution is -2.18. The molecule has 0 fully saturated rings. The van der Waals surface area contributed by atoms with Crippen molar-refractivity contribution >= 4 is 11.8 Å². The average molecular weight is 265 g/mol. The Balaban J connectivity index is 2.97. The first-order chi connectivity index (χ1) is 8.70. The number of carboxylic acid groups (broad SMARTS) is 1. The van der Waals surface area contributed by atoms with Crippen molar-refractivity contribution in [2.24, 2.45) is 0 Å². The lowest BCUT2D eigenvalue weighted by Gasteiger charge is -2.20. The second-order valence-corrected chi connectivity index (χ2v) is 5.97. The van der Waals surface area contributed by atoms with Gasteiger partial charge in [0.25, 0.3) is 0 Å². The summed E-state index contributed by atoms with van der Waals surface area (Å²) in [7, 11) is 0. The first-order valence-corrected chi connectivity index (χ1v) is 6.55. The third-order valence-corrected chi connectivity index (χ3v) is 2.67. The molecule has 0 aliphatic heterocycles. The highest BCUT2D eigenvalue weighted by atomic mass is 16.4. The van der Waals surface area contributed by atoms with Crippen LogP contribution in [0.5, 0.6) is 0 Å². The molecule has 0 bridgehead atoms. The number of carbonyl (C=O) groups is 1. The molecule has 0 radical (unpaired) electrons. The number of hydrogen-bond acceptors (Lipinski definition) is 4. The number of anilines is 1. The van der Waals surface area contributed by atoms with E-state index in [-0.39, 0.29) is 17.8 Å². The van der Waals surface area contributed by atoms with Gasteiger partial charge in [0.1, 0.15) is 11.6 Å². The number of hydrogen-bond donors (Lipinski definition) is 2. The summed E-state index contributed by atoms with van der Waals surface area (Å²) in [6.07, 6.45) is 0.0753. The summed E-state index contributed by atoms with van der Waals surface area (Å²) in [6, 6.07) is 1.90. The Bertz CT molecular complexity index is 450. The molecule has 1 rings (SSSR count). The van der Waals surface area contributed by atoms with Crippen LogP contribution in [0.3, 0.4) is 0 Å². The SMILES string of the molecule is CC(C)c1nc(NCCC(=O)O)cc(C(C)(C)C)n1. The second-order valence-electron chi connectivity index (χ2n) is 5.97. The van der Waals surface area contributed by atoms with Crippen molar-refractivity contribution in [1.82, 2.24) is 9.97 Å². The Morgan fingerprint density at radius 3 is 2.47 bits per heavy atom. The molecule has 2 N–H and O–H groups in total. The van der Waals surface area contributed by atoms with E-state index < -0.39 is 5.97 Å². The van der Waals surface area contributed by atoms with Gasteiger partial charge in [-0.15, -0.1) is 0 Å². The molecule has 19 heavy (non-hydrogen) atoms. The van der Waals surface area contributed by atoms with Crippen molar-refractivity contribution in [3.05, 3.63) is 17.6 Å². The van der Waals surface area contributed by atoms with Gasteiger partial charge >= 0.3 is 5.97 Å². The summed E-state index contributed by atoms with van der Waals surface area (Å²) in [4.78, 5) is 19.5. The summed E-state index contributed by atoms with van der Waals surface area (Å²) < 4.78 is 0. The van der Waals surface area contributed by atoms with Gasteiger partial charge in [0, 0.05) is 23.9 Å². The molecule has 1 aromatic rings. The number of nitrogens with zero attached hydrogens (tertiary/aromatic N) is 2. The Morgan fingerprint density at radius 2 is 2.00 bits per heavy atom. The number of aliphatic carboxylic acids is 1. The zero-order valence-corrected chi connectivity index (χ0v) is 12.3. The molecule has 0 spiro atoms. The molecule has 0 aliphatic carbocycles. The molecule has 0 unspecified atom stereocenters. The monoisotopic (exact) mass is 265 g/mol. The van der Waals surface area contributed by atoms with Gasteiger partial charge in [0.15, 0.2) is 0 Å². The van der Waals surface area contributed by atoms with Crippen LogP contribution in [0.25, 0.3) is 0 Å². The number of aromatic nitrogens is 2. The minimum Gasteiger partial charge on any atom is -0.481 e. The van der Waals surface area contributed by atoms with Crippen LogP contribution < -0.4 is 5.32 Å². The molecule has 5 nitrogen and oxygen atoms in total. The standard InChI is InChI=1S/C14H23N3O2/c1-9(2)13-16-10(14(3,4)5)8-11(17-13)15-7-6-12(18)19/h8-9H,6-7H2,1-5H3,(H,18,19)(H,15,16,17). The molecule has 0 atom stereocenters. The summed E-state index contributed by atoms with van der Waals surface area (Å²) in [5.74, 6) is 0.902. The van der Waals surface area contributed by atoms with E-state index >= 15 is 0 Å². The first-order valence-electron chi connectivity index (χ1n) is 6.55. The zero-order valence-electron chi connectivity index (χ0n) is 12.3. The number of nitrogens with one attached hydrogen (secondary N) is 1. The second kappa shape index (κ2) is 5.99. The quantitative estimate of drug-likeness (QED) is 0.856. The highest BCUT2D eigenvalue weighted by Crippen LogP contribution is 2.24. The molecular formula is C14H23N3O2. The molecule has 0 amide bonds. The Hall–Kier alpha value is -1.65. The van der Waals surface area contributed by atoms with Crippen LogP contribution in [0.1, 0.15) is 58.5 Å². The summed E-state index contributed by atoms with van der Waals surface area (Å²) in [5, 5.41) is 11.7. The van der Waals surface area contributed by atoms with Crippen LogP contribution in [-0.2, 0) is 10.2 Å². The largest absolute Gasteiger partial charge is 0.481 e. The van der Waals surface area contributed by atoms with Gasteiger partial charge in [-0.05, 0) is 0 Å². The third kappa shape index (κ3) is 4.85. The molecule has 5 heteroatoms. The number of rotatable bonds is 5. The fraction of sp³-hybridized carbons (Fsp3) is 0.643. The van der Waals surface area contributed by atoms with Gasteiger partial charge in [-0.25, -0.2) is 9.97 Å². The van der Waals surface area contributed by atoms with E-state index in [4.69, 9.17) is 5.11 Å². The van der Waals surface area contributed by atoms with E-state index in [9.17, 15) is 4.79 Å². The molecule has 0 saturated heterocycles. The van der Waals surface area contributed by atoms with E-state index in [1.165, 1.54) is 0 Å². The van der Waals surface area contributed by atoms with Gasteiger partial charge in [-0.1, -0.05) is 34.6 Å². The highest BCUT2D eigenvalue weighted by molar-refractivity contribution is 5.67. The van der Waals surface area contributed by atoms with Crippen molar-refractivity contribution < 1.29 is 9.90 Å². The molecule has 0 aliphatic rings. The summed E-state index contributed by atoms with van der Waals surface area (Å²) in [5.41, 5.74) is 0.902. The van der Waals surface area contributed by atoms with Crippen molar-refractivity contribution in [1.29, 1.82) is 0 Å². The smallest absolute Gasteiger partial charge is 0.305 e. The predicted molar refractivity (Wildman–Crippen MR) is 75.6 cm³/mol. The summed E-state index contributed by atoms with van der Waals surface area (Å²) in [6.45, 7) is 10.8. The zero-order chi connectivity index (χ0) is 14.6. The maximum atomic E-state index is 10.5. The van der Waals surface area contributed by atoms with Crippen LogP contribution in [0.4, 0.5) is 5.82 Å². The topological polar surface area (TPSA) is 75.1 Å². The third-order valence-electron chi connectivity index (χ3n) is 2.67. The van der Waals surface area contributed by atoms with Crippen molar-refractivity contribution in [2.45, 2.75) is 52.4 Å². The molecule has 1 heterocycles. The molecule has 0 aromatic carbocycles. The van der Waals surface area contributed by atoms with E-state index in [2.05, 4.69) is 36.1 Å². The van der Waals surface area contributed by atoms with Crippen LogP contribution >= 0.6 is 0 Å². The molecular weight excluding hydrogens is 242 g/mol. The van der Waals surface area contributed by atoms with Crippen LogP contribution in [-0.4, -0.2) is 27.6 Å². The summed E-state index contributed by atoms with van der Waals surface area (Å²) >= 11 is 0. The molecule has 0 saturated carbocycles. The highest BCUT2D eigenvalue weighted by Gasteiger charge is 2.18. The molecule has 106 valence electrons. The predicted octanol–water partition coefficient (Wildman–Crippen LogP) is 2.78. The lowest BCUT2D eigenvalue weighted by molar-refractivity contribution is -0.136. The fourth-order valence-electron chi connectivity index (χ4n) is 1.50. The first kappa shape index (κ1) is 15.4. The molecule has 1 aromatic heterocycles. The Labute approximate surface area is 114 Å². The Morgan fingerprint density at radius 1 is 1.37 bits per heavy atom. The van der Waals surface area contributed by atoms with Gasteiger partial charge in [-0.2, -0.15) is 0 Å². The maximum Gasteiger partial charge on any atom is 0.305 e. The van der Waals surface area contributed by atoms with Gasteiger partial charge in [-0.3, -0.25) is 4.79 Å². The minimum atomic E-state index is -0.818. The fourth-order valence-corrected chi connectivity index (χ4v) is 1.50. The van der Waals surface area contributed by atoms with Crippen molar-refractivity contribution in [3.63, 3.8) is 0 Å². The maximum absolute atomic E-state index is 10.5. The number of carboxylic acids is 1. The van der Waals surface area contributed by atoms with Crippen LogP contribution in [0.2, 0.25) is 0 Å². The normalized spacial score (nSPS) is 11.7. The van der Waals surface area contributed by atoms with Crippen LogP contribution in [0.15, 0.2) is 6.07 Å². The van der Waals surface area contributed by atoms with Gasteiger partial charge < -0.3 is 10.4 Å². The lowest BCUT2D eigenvalue weighted by atomic mass is 9.91. The van der Waals surface area contributed by atoms with E-state index in [1.54, 1.807) is 0 Å². The van der Waals surface area contributed by atoms with E-state index in [0.29, 0.717) is 12.4 Å². The van der Waals surface area contributed by atoms with E-state index in [1.807, 2.05) is 19.9 Å². The average Bonchev–Trinajstić information content (AvgIpc) is 2.26. The van der Waals surface area contributed by atoms with Gasteiger partial charge in [0.05, 0.1) is 12.1 Å². The minimum absolute atomic E-state index is 0.0597. The van der Waals surface area contributed by atoms with Crippen molar-refractivity contribution in [2.75, 3.05) is 11.9 Å². The van der Waals surface area contributed by atoms with Crippen LogP contribution in [0, 0.1) is 0 Å². The Kier molecular flexibility index (Phi) is 4.86. The van der Waals surface area contributed by atoms with Crippen molar-refractivity contribution in [3.8, 4) is 0 Å². The van der Waals surface area contributed by atoms with Gasteiger partial charge in [0.2, 0.25) is 0 Å².